The van der Waals surface area contributed by atoms with Crippen LogP contribution in [0.15, 0.2) is 35.3 Å². The zero-order chi connectivity index (χ0) is 24.0. The Bertz CT molecular complexity index is 1340. The molecule has 0 bridgehead atoms. The molecule has 9 nitrogen and oxygen atoms in total. The molecule has 4 rings (SSSR count). The molecule has 2 amide bonds. The van der Waals surface area contributed by atoms with E-state index in [1.807, 2.05) is 0 Å². The fourth-order valence-corrected chi connectivity index (χ4v) is 5.73. The Balaban J connectivity index is 1.97. The first kappa shape index (κ1) is 25.4. The van der Waals surface area contributed by atoms with E-state index in [0.29, 0.717) is 12.0 Å². The summed E-state index contributed by atoms with van der Waals surface area (Å²) >= 11 is -0.206. The second-order valence-corrected chi connectivity index (χ2v) is 35.2. The Labute approximate surface area is 258 Å². The Kier molecular flexibility index (Phi) is 7.80. The van der Waals surface area contributed by atoms with Gasteiger partial charge < -0.3 is 0 Å². The van der Waals surface area contributed by atoms with Gasteiger partial charge in [-0.05, 0) is 0 Å². The van der Waals surface area contributed by atoms with Crippen LogP contribution in [0, 0.1) is 49.0 Å². The van der Waals surface area contributed by atoms with Crippen LogP contribution >= 0.6 is 0 Å². The molecule has 0 aliphatic carbocycles. The van der Waals surface area contributed by atoms with Gasteiger partial charge in [-0.2, -0.15) is 0 Å². The molecule has 0 radical (unpaired) electrons. The van der Waals surface area contributed by atoms with Crippen LogP contribution < -0.4 is 10.3 Å². The van der Waals surface area contributed by atoms with E-state index in [0.717, 1.165) is 5.56 Å². The molecular formula is C21H18FN4O5RaRb. The first-order chi connectivity index (χ1) is 15.6. The number of rotatable bonds is 4. The van der Waals surface area contributed by atoms with Crippen LogP contribution in [0.2, 0.25) is 0 Å². The van der Waals surface area contributed by atoms with Crippen LogP contribution in [-0.2, 0) is 17.8 Å². The molecule has 12 heteroatoms. The summed E-state index contributed by atoms with van der Waals surface area (Å²) in [6, 6.07) is 5.95. The fraction of sp³-hybridized carbons (Fsp3) is 0.238. The van der Waals surface area contributed by atoms with Gasteiger partial charge in [-0.3, -0.25) is 0 Å². The summed E-state index contributed by atoms with van der Waals surface area (Å²) in [7, 11) is 2.96. The van der Waals surface area contributed by atoms with Gasteiger partial charge in [0.2, 0.25) is 0 Å². The summed E-state index contributed by atoms with van der Waals surface area (Å²) in [5, 5.41) is 10.8. The van der Waals surface area contributed by atoms with E-state index in [2.05, 4.69) is 4.98 Å². The summed E-state index contributed by atoms with van der Waals surface area (Å²) in [4.78, 5) is 44.4. The van der Waals surface area contributed by atoms with Crippen molar-refractivity contribution in [3.8, 4) is 11.5 Å². The van der Waals surface area contributed by atoms with Gasteiger partial charge in [-0.15, -0.1) is 0 Å². The number of pyridine rings is 2. The number of nitrogens with zero attached hydrogens (tertiary/aromatic N) is 4. The first-order valence-electron chi connectivity index (χ1n) is 10.2. The average molecular weight is 737 g/mol. The van der Waals surface area contributed by atoms with E-state index in [9.17, 15) is 23.9 Å². The maximum absolute atomic E-state index is 13.3. The van der Waals surface area contributed by atoms with Crippen molar-refractivity contribution in [3.05, 3.63) is 63.3 Å². The van der Waals surface area contributed by atoms with Crippen molar-refractivity contribution in [1.29, 1.82) is 0 Å². The molecule has 0 spiro atoms. The fourth-order valence-electron chi connectivity index (χ4n) is 3.83. The number of amides is 2. The van der Waals surface area contributed by atoms with E-state index in [4.69, 9.17) is 4.74 Å². The van der Waals surface area contributed by atoms with Crippen molar-refractivity contribution in [2.24, 2.45) is 0 Å². The molecule has 1 atom stereocenters. The zero-order valence-corrected chi connectivity index (χ0v) is 31.8. The average Bonchev–Trinajstić information content (AvgIpc) is 2.78. The number of aromatic hydroxyl groups is 1. The monoisotopic (exact) mass is 736 g/mol. The van der Waals surface area contributed by atoms with Gasteiger partial charge in [0, 0.05) is 0 Å². The number of ether oxygens (including phenoxy) is 1. The molecule has 1 aliphatic heterocycles. The normalized spacial score (nSPS) is 14.6. The van der Waals surface area contributed by atoms with E-state index >= 15 is 0 Å². The molecule has 3 heterocycles. The van der Waals surface area contributed by atoms with Gasteiger partial charge in [0.15, 0.2) is 0 Å². The third-order valence-corrected chi connectivity index (χ3v) is 8.42. The number of carbonyl (C=O) groups excluding carboxylic acids is 2. The summed E-state index contributed by atoms with van der Waals surface area (Å²) in [6.45, 7) is -0.0735. The summed E-state index contributed by atoms with van der Waals surface area (Å²) in [6.07, 6.45) is 0.893. The molecule has 3 aromatic rings. The molecule has 2 aromatic heterocycles. The summed E-state index contributed by atoms with van der Waals surface area (Å²) in [5.41, 5.74) is 0.559. The maximum atomic E-state index is 13.3. The van der Waals surface area contributed by atoms with Gasteiger partial charge in [0.1, 0.15) is 0 Å². The Morgan fingerprint density at radius 2 is 2.00 bits per heavy atom. The van der Waals surface area contributed by atoms with Crippen LogP contribution in [0.1, 0.15) is 21.5 Å². The predicted molar refractivity (Wildman–Crippen MR) is 113 cm³/mol. The van der Waals surface area contributed by atoms with E-state index in [1.165, 1.54) is 41.9 Å². The van der Waals surface area contributed by atoms with Crippen LogP contribution in [0.5, 0.6) is 11.5 Å². The second kappa shape index (κ2) is 10.1. The van der Waals surface area contributed by atoms with Crippen molar-refractivity contribution < 1.29 is 67.0 Å². The number of benzene rings is 1. The first-order valence-corrected chi connectivity index (χ1v) is 16.1. The number of hydrogen-bond donors (Lipinski definition) is 1. The summed E-state index contributed by atoms with van der Waals surface area (Å²) in [5.74, 6) is -1.44. The molecule has 162 valence electrons. The number of halogens is 1. The van der Waals surface area contributed by atoms with Gasteiger partial charge in [0.25, 0.3) is 0 Å². The zero-order valence-electron chi connectivity index (χ0n) is 18.6. The summed E-state index contributed by atoms with van der Waals surface area (Å²) < 4.78 is 22.6. The van der Waals surface area contributed by atoms with Crippen LogP contribution in [0.3, 0.4) is 0 Å². The molecule has 1 unspecified atom stereocenters. The molecule has 33 heavy (non-hydrogen) atoms. The molecule has 0 saturated heterocycles. The van der Waals surface area contributed by atoms with E-state index < -0.39 is 28.9 Å². The minimum absolute atomic E-state index is 0.0198. The molecule has 0 fully saturated rings. The van der Waals surface area contributed by atoms with Gasteiger partial charge in [0.05, 0.1) is 0 Å². The SMILES string of the molecule is CN(C)C(=O)c1c(O)c2ncc(Cc3ccc(F)cc3)c3c2n(c1=O)CC(C(=O)[N]([Rb])[RaH])O3. The predicted octanol–water partition coefficient (Wildman–Crippen LogP) is 0.403. The number of aromatic nitrogens is 2. The topological polar surface area (TPSA) is 105 Å². The van der Waals surface area contributed by atoms with Crippen LogP contribution in [0.4, 0.5) is 4.39 Å². The quantitative estimate of drug-likeness (QED) is 0.417. The molecular weight excluding hydrogens is 719 g/mol. The number of carbonyl (C=O) groups is 2. The number of hydrogen-bond acceptors (Lipinski definition) is 6. The van der Waals surface area contributed by atoms with Crippen LogP contribution in [0.25, 0.3) is 11.0 Å². The minimum atomic E-state index is -0.909. The Morgan fingerprint density at radius 1 is 1.33 bits per heavy atom. The molecule has 1 aliphatic rings. The molecule has 1 aromatic carbocycles. The van der Waals surface area contributed by atoms with Crippen molar-refractivity contribution in [2.45, 2.75) is 19.1 Å². The standard InChI is InChI=1S/C21H17FN4O5.Ra.Rb.H/c1-25(2)20(29)14-17(27)15-16-18(31-13(19(23)28)9-26(16)21(14)30)11(8-24-15)7-10-3-5-12(22)6-4-10;;;/h3-6,8,13,27H,7,9H2,1-2H3;;;. The third kappa shape index (κ3) is 4.88. The van der Waals surface area contributed by atoms with Gasteiger partial charge in [-0.1, -0.05) is 0 Å². The Morgan fingerprint density at radius 3 is 2.61 bits per heavy atom. The van der Waals surface area contributed by atoms with Crippen molar-refractivity contribution in [3.63, 3.8) is 0 Å². The second-order valence-electron chi connectivity index (χ2n) is 8.29. The van der Waals surface area contributed by atoms with Crippen molar-refractivity contribution >= 4 is 78.9 Å². The molecule has 1 N–H and O–H groups in total. The van der Waals surface area contributed by atoms with Gasteiger partial charge in [-0.25, -0.2) is 0 Å². The van der Waals surface area contributed by atoms with Crippen molar-refractivity contribution in [1.82, 2.24) is 8.63 Å². The molecule has 0 saturated carbocycles. The van der Waals surface area contributed by atoms with Gasteiger partial charge >= 0.3 is 263 Å². The third-order valence-electron chi connectivity index (χ3n) is 5.52. The van der Waals surface area contributed by atoms with Crippen molar-refractivity contribution in [2.75, 3.05) is 14.1 Å². The van der Waals surface area contributed by atoms with Crippen LogP contribution in [-0.4, -0.2) is 102 Å². The Hall–Kier alpha value is -0.677. The van der Waals surface area contributed by atoms with E-state index in [-0.39, 0.29) is 134 Å². The van der Waals surface area contributed by atoms with E-state index in [1.54, 1.807) is 6.31 Å².